The van der Waals surface area contributed by atoms with E-state index in [-0.39, 0.29) is 24.2 Å². The van der Waals surface area contributed by atoms with Crippen LogP contribution in [-0.4, -0.2) is 25.2 Å². The van der Waals surface area contributed by atoms with Gasteiger partial charge < -0.3 is 19.9 Å². The van der Waals surface area contributed by atoms with Gasteiger partial charge in [0.1, 0.15) is 6.61 Å². The lowest BCUT2D eigenvalue weighted by Gasteiger charge is -2.15. The minimum absolute atomic E-state index is 0.128. The molecule has 1 heterocycles. The molecule has 1 amide bonds. The predicted molar refractivity (Wildman–Crippen MR) is 79.1 cm³/mol. The number of carbonyl (C=O) groups is 1. The highest BCUT2D eigenvalue weighted by atomic mass is 16.5. The molecule has 1 atom stereocenters. The third-order valence-electron chi connectivity index (χ3n) is 3.19. The standard InChI is InChI=1S/C15H19N3O3/c1-10(16-2)12-6-4-5-7-13(12)17-15(19)14-8-11(9-20-3)21-18-14/h4-8,10,16H,9H2,1-3H3,(H,17,19). The maximum Gasteiger partial charge on any atom is 0.277 e. The van der Waals surface area contributed by atoms with Crippen molar-refractivity contribution >= 4 is 11.6 Å². The van der Waals surface area contributed by atoms with E-state index in [4.69, 9.17) is 9.26 Å². The molecule has 0 saturated carbocycles. The van der Waals surface area contributed by atoms with Crippen LogP contribution in [0.2, 0.25) is 0 Å². The minimum atomic E-state index is -0.308. The number of amides is 1. The van der Waals surface area contributed by atoms with E-state index in [0.717, 1.165) is 11.3 Å². The van der Waals surface area contributed by atoms with E-state index < -0.39 is 0 Å². The first kappa shape index (κ1) is 15.2. The SMILES string of the molecule is CNC(C)c1ccccc1NC(=O)c1cc(COC)on1. The summed E-state index contributed by atoms with van der Waals surface area (Å²) in [5.41, 5.74) is 1.99. The Hall–Kier alpha value is -2.18. The van der Waals surface area contributed by atoms with Crippen molar-refractivity contribution in [3.05, 3.63) is 47.3 Å². The number of methoxy groups -OCH3 is 1. The van der Waals surface area contributed by atoms with Crippen LogP contribution in [0.4, 0.5) is 5.69 Å². The molecule has 0 aliphatic rings. The summed E-state index contributed by atoms with van der Waals surface area (Å²) in [5.74, 6) is 0.205. The topological polar surface area (TPSA) is 76.4 Å². The van der Waals surface area contributed by atoms with E-state index >= 15 is 0 Å². The molecular formula is C15H19N3O3. The Labute approximate surface area is 123 Å². The van der Waals surface area contributed by atoms with Crippen LogP contribution in [0.15, 0.2) is 34.9 Å². The molecule has 6 nitrogen and oxygen atoms in total. The zero-order valence-corrected chi connectivity index (χ0v) is 12.3. The van der Waals surface area contributed by atoms with Crippen molar-refractivity contribution in [2.75, 3.05) is 19.5 Å². The van der Waals surface area contributed by atoms with E-state index in [0.29, 0.717) is 5.76 Å². The van der Waals surface area contributed by atoms with Crippen molar-refractivity contribution in [2.45, 2.75) is 19.6 Å². The number of hydrogen-bond donors (Lipinski definition) is 2. The van der Waals surface area contributed by atoms with Gasteiger partial charge >= 0.3 is 0 Å². The lowest BCUT2D eigenvalue weighted by molar-refractivity contribution is 0.101. The van der Waals surface area contributed by atoms with Crippen LogP contribution in [0.3, 0.4) is 0 Å². The van der Waals surface area contributed by atoms with Crippen molar-refractivity contribution in [2.24, 2.45) is 0 Å². The number of para-hydroxylation sites is 1. The first-order valence-electron chi connectivity index (χ1n) is 6.67. The van der Waals surface area contributed by atoms with E-state index in [1.165, 1.54) is 0 Å². The quantitative estimate of drug-likeness (QED) is 0.853. The monoisotopic (exact) mass is 289 g/mol. The molecule has 1 aromatic carbocycles. The lowest BCUT2D eigenvalue weighted by Crippen LogP contribution is -2.18. The van der Waals surface area contributed by atoms with Gasteiger partial charge in [-0.25, -0.2) is 0 Å². The maximum absolute atomic E-state index is 12.2. The summed E-state index contributed by atoms with van der Waals surface area (Å²) in [5, 5.41) is 9.75. The lowest BCUT2D eigenvalue weighted by atomic mass is 10.1. The zero-order valence-electron chi connectivity index (χ0n) is 12.3. The van der Waals surface area contributed by atoms with Gasteiger partial charge in [0.05, 0.1) is 0 Å². The van der Waals surface area contributed by atoms with Gasteiger partial charge in [-0.1, -0.05) is 23.4 Å². The Morgan fingerprint density at radius 1 is 1.43 bits per heavy atom. The number of hydrogen-bond acceptors (Lipinski definition) is 5. The summed E-state index contributed by atoms with van der Waals surface area (Å²) < 4.78 is 9.95. The molecule has 0 fully saturated rings. The summed E-state index contributed by atoms with van der Waals surface area (Å²) in [6, 6.07) is 9.34. The van der Waals surface area contributed by atoms with Crippen LogP contribution in [-0.2, 0) is 11.3 Å². The van der Waals surface area contributed by atoms with Gasteiger partial charge in [0.25, 0.3) is 5.91 Å². The number of nitrogens with one attached hydrogen (secondary N) is 2. The molecule has 2 N–H and O–H groups in total. The zero-order chi connectivity index (χ0) is 15.2. The van der Waals surface area contributed by atoms with E-state index in [1.54, 1.807) is 13.2 Å². The Kier molecular flexibility index (Phi) is 5.08. The Morgan fingerprint density at radius 2 is 2.19 bits per heavy atom. The molecule has 1 aromatic heterocycles. The highest BCUT2D eigenvalue weighted by Crippen LogP contribution is 2.22. The van der Waals surface area contributed by atoms with E-state index in [9.17, 15) is 4.79 Å². The highest BCUT2D eigenvalue weighted by molar-refractivity contribution is 6.03. The van der Waals surface area contributed by atoms with Gasteiger partial charge in [0.2, 0.25) is 0 Å². The number of rotatable bonds is 6. The van der Waals surface area contributed by atoms with Crippen LogP contribution < -0.4 is 10.6 Å². The fourth-order valence-corrected chi connectivity index (χ4v) is 1.96. The van der Waals surface area contributed by atoms with Gasteiger partial charge in [-0.05, 0) is 25.6 Å². The number of benzene rings is 1. The first-order valence-corrected chi connectivity index (χ1v) is 6.67. The molecule has 1 unspecified atom stereocenters. The van der Waals surface area contributed by atoms with Gasteiger partial charge in [-0.2, -0.15) is 0 Å². The fraction of sp³-hybridized carbons (Fsp3) is 0.333. The fourth-order valence-electron chi connectivity index (χ4n) is 1.96. The molecular weight excluding hydrogens is 270 g/mol. The number of ether oxygens (including phenoxy) is 1. The highest BCUT2D eigenvalue weighted by Gasteiger charge is 2.15. The second-order valence-corrected chi connectivity index (χ2v) is 4.66. The van der Waals surface area contributed by atoms with Crippen molar-refractivity contribution < 1.29 is 14.1 Å². The number of nitrogens with zero attached hydrogens (tertiary/aromatic N) is 1. The van der Waals surface area contributed by atoms with Gasteiger partial charge in [0, 0.05) is 24.9 Å². The third-order valence-corrected chi connectivity index (χ3v) is 3.19. The van der Waals surface area contributed by atoms with Gasteiger partial charge in [-0.3, -0.25) is 4.79 Å². The van der Waals surface area contributed by atoms with E-state index in [2.05, 4.69) is 15.8 Å². The molecule has 0 aliphatic carbocycles. The summed E-state index contributed by atoms with van der Waals surface area (Å²) >= 11 is 0. The molecule has 0 aliphatic heterocycles. The second kappa shape index (κ2) is 7.01. The number of anilines is 1. The number of carbonyl (C=O) groups excluding carboxylic acids is 1. The van der Waals surface area contributed by atoms with Crippen molar-refractivity contribution in [1.82, 2.24) is 10.5 Å². The molecule has 0 spiro atoms. The van der Waals surface area contributed by atoms with E-state index in [1.807, 2.05) is 38.2 Å². The smallest absolute Gasteiger partial charge is 0.277 e. The van der Waals surface area contributed by atoms with Gasteiger partial charge in [-0.15, -0.1) is 0 Å². The molecule has 0 saturated heterocycles. The van der Waals surface area contributed by atoms with Crippen molar-refractivity contribution in [1.29, 1.82) is 0 Å². The molecule has 0 radical (unpaired) electrons. The first-order chi connectivity index (χ1) is 10.2. The van der Waals surface area contributed by atoms with Crippen LogP contribution in [0.25, 0.3) is 0 Å². The Balaban J connectivity index is 2.15. The summed E-state index contributed by atoms with van der Waals surface area (Å²) in [6.45, 7) is 2.31. The summed E-state index contributed by atoms with van der Waals surface area (Å²) in [6.07, 6.45) is 0. The van der Waals surface area contributed by atoms with Gasteiger partial charge in [0.15, 0.2) is 11.5 Å². The van der Waals surface area contributed by atoms with Crippen LogP contribution in [0.1, 0.15) is 34.8 Å². The Bertz CT molecular complexity index is 610. The summed E-state index contributed by atoms with van der Waals surface area (Å²) in [4.78, 5) is 12.2. The molecule has 0 bridgehead atoms. The molecule has 2 rings (SSSR count). The maximum atomic E-state index is 12.2. The Morgan fingerprint density at radius 3 is 2.90 bits per heavy atom. The van der Waals surface area contributed by atoms with Crippen LogP contribution in [0, 0.1) is 0 Å². The molecule has 6 heteroatoms. The molecule has 2 aromatic rings. The van der Waals surface area contributed by atoms with Crippen LogP contribution >= 0.6 is 0 Å². The predicted octanol–water partition coefficient (Wildman–Crippen LogP) is 2.35. The average Bonchev–Trinajstić information content (AvgIpc) is 2.96. The number of aromatic nitrogens is 1. The normalized spacial score (nSPS) is 12.1. The van der Waals surface area contributed by atoms with Crippen molar-refractivity contribution in [3.8, 4) is 0 Å². The second-order valence-electron chi connectivity index (χ2n) is 4.66. The van der Waals surface area contributed by atoms with Crippen molar-refractivity contribution in [3.63, 3.8) is 0 Å². The average molecular weight is 289 g/mol. The largest absolute Gasteiger partial charge is 0.377 e. The van der Waals surface area contributed by atoms with Crippen LogP contribution in [0.5, 0.6) is 0 Å². The molecule has 21 heavy (non-hydrogen) atoms. The summed E-state index contributed by atoms with van der Waals surface area (Å²) in [7, 11) is 3.43. The molecule has 112 valence electrons. The third kappa shape index (κ3) is 3.68. The minimum Gasteiger partial charge on any atom is -0.377 e.